The molecule has 0 bridgehead atoms. The average Bonchev–Trinajstić information content (AvgIpc) is 3.27. The van der Waals surface area contributed by atoms with Gasteiger partial charge < -0.3 is 9.47 Å². The van der Waals surface area contributed by atoms with E-state index in [1.54, 1.807) is 12.1 Å². The van der Waals surface area contributed by atoms with Crippen molar-refractivity contribution < 1.29 is 13.9 Å². The van der Waals surface area contributed by atoms with Crippen LogP contribution in [0.1, 0.15) is 57.2 Å². The first-order valence-electron chi connectivity index (χ1n) is 10.4. The minimum atomic E-state index is -0.521. The molecule has 0 N–H and O–H groups in total. The molecule has 1 spiro atoms. The fourth-order valence-electron chi connectivity index (χ4n) is 5.25. The van der Waals surface area contributed by atoms with Gasteiger partial charge in [-0.05, 0) is 61.6 Å². The van der Waals surface area contributed by atoms with E-state index in [0.717, 1.165) is 49.9 Å². The summed E-state index contributed by atoms with van der Waals surface area (Å²) in [5.41, 5.74) is 4.39. The molecule has 0 radical (unpaired) electrons. The molecule has 28 heavy (non-hydrogen) atoms. The van der Waals surface area contributed by atoms with Crippen LogP contribution in [0.3, 0.4) is 0 Å². The average molecular weight is 382 g/mol. The first kappa shape index (κ1) is 18.1. The standard InChI is InChI=1S/C23H27FN2O2/c1-3-5-20-15-27-23(28-20)11-4-6-17-12-21-16(13-22(17,23)2)14-25-26(21)19-9-7-18(24)8-10-19/h7-10,12,14,20H,3-6,11,13,15H2,1-2H3/t20?,22-,23?/m0/s1. The van der Waals surface area contributed by atoms with Gasteiger partial charge in [-0.25, -0.2) is 9.07 Å². The van der Waals surface area contributed by atoms with Gasteiger partial charge >= 0.3 is 0 Å². The minimum absolute atomic E-state index is 0.169. The predicted octanol–water partition coefficient (Wildman–Crippen LogP) is 5.05. The largest absolute Gasteiger partial charge is 0.346 e. The lowest BCUT2D eigenvalue weighted by atomic mass is 9.62. The Bertz CT molecular complexity index is 919. The predicted molar refractivity (Wildman–Crippen MR) is 106 cm³/mol. The lowest BCUT2D eigenvalue weighted by molar-refractivity contribution is -0.242. The molecule has 3 aliphatic rings. The number of hydrogen-bond donors (Lipinski definition) is 0. The van der Waals surface area contributed by atoms with E-state index in [-0.39, 0.29) is 17.3 Å². The highest BCUT2D eigenvalue weighted by Crippen LogP contribution is 2.57. The number of rotatable bonds is 3. The molecular weight excluding hydrogens is 355 g/mol. The molecule has 148 valence electrons. The fraction of sp³-hybridized carbons (Fsp3) is 0.522. The number of nitrogens with zero attached hydrogens (tertiary/aromatic N) is 2. The number of aromatic nitrogens is 2. The third kappa shape index (κ3) is 2.60. The van der Waals surface area contributed by atoms with E-state index in [1.807, 2.05) is 10.9 Å². The van der Waals surface area contributed by atoms with Crippen LogP contribution in [0.2, 0.25) is 0 Å². The van der Waals surface area contributed by atoms with Gasteiger partial charge in [0.2, 0.25) is 0 Å². The molecule has 3 atom stereocenters. The zero-order chi connectivity index (χ0) is 19.4. The van der Waals surface area contributed by atoms with Crippen molar-refractivity contribution in [3.63, 3.8) is 0 Å². The zero-order valence-corrected chi connectivity index (χ0v) is 16.6. The molecule has 2 unspecified atom stereocenters. The summed E-state index contributed by atoms with van der Waals surface area (Å²) in [5, 5.41) is 4.61. The van der Waals surface area contributed by atoms with Crippen LogP contribution in [-0.2, 0) is 15.9 Å². The van der Waals surface area contributed by atoms with Crippen molar-refractivity contribution in [2.24, 2.45) is 5.41 Å². The van der Waals surface area contributed by atoms with Gasteiger partial charge in [-0.2, -0.15) is 5.10 Å². The molecule has 2 aromatic rings. The molecule has 4 nitrogen and oxygen atoms in total. The van der Waals surface area contributed by atoms with Crippen molar-refractivity contribution in [3.05, 3.63) is 53.1 Å². The van der Waals surface area contributed by atoms with Crippen molar-refractivity contribution in [2.45, 2.75) is 64.3 Å². The second-order valence-electron chi connectivity index (χ2n) is 8.57. The van der Waals surface area contributed by atoms with Gasteiger partial charge in [0.15, 0.2) is 5.79 Å². The van der Waals surface area contributed by atoms with Gasteiger partial charge in [0, 0.05) is 11.8 Å². The fourth-order valence-corrected chi connectivity index (χ4v) is 5.25. The summed E-state index contributed by atoms with van der Waals surface area (Å²) in [5.74, 6) is -0.755. The minimum Gasteiger partial charge on any atom is -0.346 e. The van der Waals surface area contributed by atoms with E-state index in [9.17, 15) is 4.39 Å². The van der Waals surface area contributed by atoms with Crippen LogP contribution in [0.15, 0.2) is 36.0 Å². The van der Waals surface area contributed by atoms with Crippen molar-refractivity contribution in [2.75, 3.05) is 6.61 Å². The van der Waals surface area contributed by atoms with E-state index in [1.165, 1.54) is 23.3 Å². The molecule has 2 aliphatic carbocycles. The Morgan fingerprint density at radius 2 is 2.11 bits per heavy atom. The van der Waals surface area contributed by atoms with Crippen LogP contribution in [0, 0.1) is 11.2 Å². The summed E-state index contributed by atoms with van der Waals surface area (Å²) in [4.78, 5) is 0. The number of ether oxygens (including phenoxy) is 2. The van der Waals surface area contributed by atoms with Crippen LogP contribution in [0.25, 0.3) is 11.8 Å². The van der Waals surface area contributed by atoms with Crippen molar-refractivity contribution in [1.29, 1.82) is 0 Å². The Kier molecular flexibility index (Phi) is 4.21. The monoisotopic (exact) mass is 382 g/mol. The van der Waals surface area contributed by atoms with E-state index < -0.39 is 5.79 Å². The molecule has 1 aromatic carbocycles. The highest BCUT2D eigenvalue weighted by atomic mass is 19.1. The van der Waals surface area contributed by atoms with Crippen LogP contribution in [0.5, 0.6) is 0 Å². The SMILES string of the molecule is CCCC1COC2(CCCC3=Cc4c(cnn4-c4ccc(F)cc4)C[C@@]32C)O1. The molecule has 2 fully saturated rings. The molecule has 2 heterocycles. The van der Waals surface area contributed by atoms with E-state index in [4.69, 9.17) is 9.47 Å². The van der Waals surface area contributed by atoms with Crippen LogP contribution in [-0.4, -0.2) is 28.3 Å². The Morgan fingerprint density at radius 3 is 2.89 bits per heavy atom. The van der Waals surface area contributed by atoms with Gasteiger partial charge in [0.25, 0.3) is 0 Å². The molecular formula is C23H27FN2O2. The summed E-state index contributed by atoms with van der Waals surface area (Å²) in [6, 6.07) is 6.51. The lowest BCUT2D eigenvalue weighted by Crippen LogP contribution is -2.53. The highest BCUT2D eigenvalue weighted by Gasteiger charge is 2.59. The molecule has 1 saturated heterocycles. The Hall–Kier alpha value is -1.98. The Morgan fingerprint density at radius 1 is 1.29 bits per heavy atom. The maximum Gasteiger partial charge on any atom is 0.178 e. The van der Waals surface area contributed by atoms with Gasteiger partial charge in [0.1, 0.15) is 5.82 Å². The second kappa shape index (κ2) is 6.53. The maximum atomic E-state index is 13.3. The summed E-state index contributed by atoms with van der Waals surface area (Å²) in [6.45, 7) is 5.18. The van der Waals surface area contributed by atoms with Crippen LogP contribution < -0.4 is 0 Å². The summed E-state index contributed by atoms with van der Waals surface area (Å²) < 4.78 is 28.2. The second-order valence-corrected chi connectivity index (χ2v) is 8.57. The number of hydrogen-bond acceptors (Lipinski definition) is 3. The summed E-state index contributed by atoms with van der Waals surface area (Å²) >= 11 is 0. The molecule has 5 rings (SSSR count). The Balaban J connectivity index is 1.53. The van der Waals surface area contributed by atoms with Crippen molar-refractivity contribution in [3.8, 4) is 5.69 Å². The molecule has 1 saturated carbocycles. The number of benzene rings is 1. The maximum absolute atomic E-state index is 13.3. The van der Waals surface area contributed by atoms with E-state index >= 15 is 0 Å². The van der Waals surface area contributed by atoms with Gasteiger partial charge in [-0.1, -0.05) is 25.8 Å². The van der Waals surface area contributed by atoms with Gasteiger partial charge in [-0.3, -0.25) is 0 Å². The van der Waals surface area contributed by atoms with E-state index in [0.29, 0.717) is 6.61 Å². The van der Waals surface area contributed by atoms with E-state index in [2.05, 4.69) is 25.0 Å². The van der Waals surface area contributed by atoms with Crippen LogP contribution >= 0.6 is 0 Å². The first-order valence-corrected chi connectivity index (χ1v) is 10.4. The van der Waals surface area contributed by atoms with Crippen molar-refractivity contribution >= 4 is 6.08 Å². The third-order valence-electron chi connectivity index (χ3n) is 6.78. The van der Waals surface area contributed by atoms with Gasteiger partial charge in [0.05, 0.1) is 30.3 Å². The number of fused-ring (bicyclic) bond motifs is 3. The third-order valence-corrected chi connectivity index (χ3v) is 6.78. The normalized spacial score (nSPS) is 31.5. The summed E-state index contributed by atoms with van der Waals surface area (Å²) in [6.07, 6.45) is 10.5. The zero-order valence-electron chi connectivity index (χ0n) is 16.6. The lowest BCUT2D eigenvalue weighted by Gasteiger charge is -2.51. The molecule has 1 aromatic heterocycles. The smallest absolute Gasteiger partial charge is 0.178 e. The topological polar surface area (TPSA) is 36.3 Å². The molecule has 1 aliphatic heterocycles. The van der Waals surface area contributed by atoms with Crippen molar-refractivity contribution in [1.82, 2.24) is 9.78 Å². The quantitative estimate of drug-likeness (QED) is 0.745. The van der Waals surface area contributed by atoms with Gasteiger partial charge in [-0.15, -0.1) is 0 Å². The van der Waals surface area contributed by atoms with Crippen LogP contribution in [0.4, 0.5) is 4.39 Å². The summed E-state index contributed by atoms with van der Waals surface area (Å²) in [7, 11) is 0. The Labute approximate surface area is 165 Å². The molecule has 5 heteroatoms. The first-order chi connectivity index (χ1) is 13.5. The molecule has 0 amide bonds. The number of halogens is 1. The highest BCUT2D eigenvalue weighted by molar-refractivity contribution is 5.61.